The molecule has 32 heavy (non-hydrogen) atoms. The summed E-state index contributed by atoms with van der Waals surface area (Å²) in [5.41, 5.74) is 1.47. The molecule has 0 amide bonds. The zero-order chi connectivity index (χ0) is 23.0. The summed E-state index contributed by atoms with van der Waals surface area (Å²) in [6, 6.07) is 19.4. The fourth-order valence-electron chi connectivity index (χ4n) is 3.43. The summed E-state index contributed by atoms with van der Waals surface area (Å²) in [6.45, 7) is 0. The fourth-order valence-corrected chi connectivity index (χ4v) is 4.56. The molecule has 0 unspecified atom stereocenters. The van der Waals surface area contributed by atoms with Crippen LogP contribution >= 0.6 is 23.2 Å². The first-order valence-electron chi connectivity index (χ1n) is 9.39. The van der Waals surface area contributed by atoms with Gasteiger partial charge in [-0.25, -0.2) is 21.9 Å². The fraction of sp³-hybridized carbons (Fsp3) is 0.0870. The van der Waals surface area contributed by atoms with Gasteiger partial charge in [0, 0.05) is 28.0 Å². The average molecular weight is 493 g/mol. The molecule has 0 bridgehead atoms. The van der Waals surface area contributed by atoms with Crippen LogP contribution in [0.5, 0.6) is 0 Å². The molecule has 4 rings (SSSR count). The largest absolute Gasteiger partial charge is 0.282 e. The van der Waals surface area contributed by atoms with Gasteiger partial charge < -0.3 is 0 Å². The maximum Gasteiger partial charge on any atom is 0.282 e. The van der Waals surface area contributed by atoms with Crippen molar-refractivity contribution in [3.63, 3.8) is 0 Å². The van der Waals surface area contributed by atoms with Gasteiger partial charge in [0.15, 0.2) is 9.84 Å². The maximum atomic E-state index is 14.1. The average Bonchev–Trinajstić information content (AvgIpc) is 3.14. The predicted octanol–water partition coefficient (Wildman–Crippen LogP) is 6.85. The number of rotatable bonds is 5. The third-order valence-corrected chi connectivity index (χ3v) is 6.55. The Morgan fingerprint density at radius 2 is 1.59 bits per heavy atom. The van der Waals surface area contributed by atoms with Crippen LogP contribution in [0.3, 0.4) is 0 Å². The highest BCUT2D eigenvalue weighted by atomic mass is 35.5. The van der Waals surface area contributed by atoms with Crippen LogP contribution in [-0.2, 0) is 9.84 Å². The second-order valence-corrected chi connectivity index (χ2v) is 9.94. The molecule has 0 fully saturated rings. The van der Waals surface area contributed by atoms with E-state index in [1.54, 1.807) is 54.6 Å². The Labute approximate surface area is 194 Å². The van der Waals surface area contributed by atoms with Crippen LogP contribution in [0.25, 0.3) is 28.1 Å². The molecule has 0 aliphatic rings. The second-order valence-electron chi connectivity index (χ2n) is 7.08. The highest BCUT2D eigenvalue weighted by molar-refractivity contribution is 7.90. The molecule has 4 nitrogen and oxygen atoms in total. The van der Waals surface area contributed by atoms with Crippen LogP contribution < -0.4 is 0 Å². The smallest absolute Gasteiger partial charge is 0.232 e. The van der Waals surface area contributed by atoms with Crippen molar-refractivity contribution in [2.75, 3.05) is 6.26 Å². The Bertz CT molecular complexity index is 1390. The summed E-state index contributed by atoms with van der Waals surface area (Å²) in [6.07, 6.45) is -1.78. The molecule has 0 aliphatic heterocycles. The van der Waals surface area contributed by atoms with Gasteiger partial charge in [-0.1, -0.05) is 59.6 Å². The third kappa shape index (κ3) is 4.28. The van der Waals surface area contributed by atoms with Gasteiger partial charge in [-0.15, -0.1) is 0 Å². The van der Waals surface area contributed by atoms with E-state index in [9.17, 15) is 17.2 Å². The van der Waals surface area contributed by atoms with E-state index in [0.29, 0.717) is 27.5 Å². The lowest BCUT2D eigenvalue weighted by molar-refractivity contribution is 0.146. The lowest BCUT2D eigenvalue weighted by Crippen LogP contribution is -2.01. The van der Waals surface area contributed by atoms with Crippen molar-refractivity contribution >= 4 is 33.0 Å². The first-order valence-corrected chi connectivity index (χ1v) is 12.0. The van der Waals surface area contributed by atoms with Crippen molar-refractivity contribution in [3.05, 3.63) is 88.5 Å². The number of sulfone groups is 1. The van der Waals surface area contributed by atoms with E-state index >= 15 is 0 Å². The van der Waals surface area contributed by atoms with Crippen LogP contribution in [0.15, 0.2) is 77.7 Å². The zero-order valence-electron chi connectivity index (χ0n) is 16.6. The molecule has 0 radical (unpaired) electrons. The normalized spacial score (nSPS) is 11.8. The summed E-state index contributed by atoms with van der Waals surface area (Å²) < 4.78 is 53.5. The summed E-state index contributed by atoms with van der Waals surface area (Å²) in [7, 11) is -3.42. The van der Waals surface area contributed by atoms with E-state index in [-0.39, 0.29) is 15.5 Å². The second kappa shape index (κ2) is 8.65. The molecule has 4 aromatic rings. The Balaban J connectivity index is 2.07. The molecule has 3 aromatic carbocycles. The molecule has 0 N–H and O–H groups in total. The summed E-state index contributed by atoms with van der Waals surface area (Å²) in [4.78, 5) is 0.118. The predicted molar refractivity (Wildman–Crippen MR) is 123 cm³/mol. The zero-order valence-corrected chi connectivity index (χ0v) is 19.0. The molecule has 0 spiro atoms. The Morgan fingerprint density at radius 1 is 0.938 bits per heavy atom. The molecule has 1 heterocycles. The number of para-hydroxylation sites is 1. The van der Waals surface area contributed by atoms with E-state index in [4.69, 9.17) is 23.2 Å². The summed E-state index contributed by atoms with van der Waals surface area (Å²) in [5, 5.41) is 4.79. The van der Waals surface area contributed by atoms with Crippen LogP contribution in [0.2, 0.25) is 10.0 Å². The molecular formula is C23H16Cl2F2N2O2S. The van der Waals surface area contributed by atoms with E-state index < -0.39 is 22.0 Å². The van der Waals surface area contributed by atoms with E-state index in [1.807, 2.05) is 0 Å². The molecule has 0 atom stereocenters. The van der Waals surface area contributed by atoms with Gasteiger partial charge in [-0.2, -0.15) is 5.10 Å². The van der Waals surface area contributed by atoms with E-state index in [0.717, 1.165) is 6.26 Å². The van der Waals surface area contributed by atoms with Crippen molar-refractivity contribution in [1.82, 2.24) is 9.78 Å². The van der Waals surface area contributed by atoms with Crippen molar-refractivity contribution in [3.8, 4) is 28.1 Å². The van der Waals surface area contributed by atoms with Crippen molar-refractivity contribution < 1.29 is 17.2 Å². The standard InChI is InChI=1S/C23H16Cl2F2N2O2S/c1-32(30,31)17-10-7-14(8-11-17)22-20(18-12-9-15(24)13-19(18)25)21(23(26)27)28-29(22)16-5-3-2-4-6-16/h2-13,23H,1H3. The van der Waals surface area contributed by atoms with Gasteiger partial charge in [0.25, 0.3) is 6.43 Å². The maximum absolute atomic E-state index is 14.1. The van der Waals surface area contributed by atoms with Gasteiger partial charge in [0.1, 0.15) is 5.69 Å². The highest BCUT2D eigenvalue weighted by Gasteiger charge is 2.28. The number of aromatic nitrogens is 2. The molecule has 0 aliphatic carbocycles. The number of hydrogen-bond donors (Lipinski definition) is 0. The monoisotopic (exact) mass is 492 g/mol. The number of nitrogens with zero attached hydrogens (tertiary/aromatic N) is 2. The lowest BCUT2D eigenvalue weighted by Gasteiger charge is -2.12. The molecule has 9 heteroatoms. The highest BCUT2D eigenvalue weighted by Crippen LogP contribution is 2.43. The van der Waals surface area contributed by atoms with Crippen molar-refractivity contribution in [1.29, 1.82) is 0 Å². The summed E-state index contributed by atoms with van der Waals surface area (Å²) in [5.74, 6) is 0. The van der Waals surface area contributed by atoms with Crippen molar-refractivity contribution in [2.24, 2.45) is 0 Å². The molecule has 1 aromatic heterocycles. The lowest BCUT2D eigenvalue weighted by atomic mass is 9.98. The van der Waals surface area contributed by atoms with Gasteiger partial charge in [0.05, 0.1) is 21.3 Å². The molecular weight excluding hydrogens is 477 g/mol. The molecule has 164 valence electrons. The van der Waals surface area contributed by atoms with Crippen LogP contribution in [0.1, 0.15) is 12.1 Å². The van der Waals surface area contributed by atoms with Gasteiger partial charge in [0.2, 0.25) is 0 Å². The minimum absolute atomic E-state index is 0.118. The summed E-state index contributed by atoms with van der Waals surface area (Å²) >= 11 is 12.4. The number of hydrogen-bond acceptors (Lipinski definition) is 3. The van der Waals surface area contributed by atoms with E-state index in [1.165, 1.54) is 22.9 Å². The van der Waals surface area contributed by atoms with Crippen LogP contribution in [0, 0.1) is 0 Å². The minimum Gasteiger partial charge on any atom is -0.232 e. The topological polar surface area (TPSA) is 52.0 Å². The van der Waals surface area contributed by atoms with Gasteiger partial charge >= 0.3 is 0 Å². The van der Waals surface area contributed by atoms with Crippen LogP contribution in [-0.4, -0.2) is 24.5 Å². The van der Waals surface area contributed by atoms with Crippen LogP contribution in [0.4, 0.5) is 8.78 Å². The van der Waals surface area contributed by atoms with Gasteiger partial charge in [-0.05, 0) is 36.4 Å². The third-order valence-electron chi connectivity index (χ3n) is 4.88. The first kappa shape index (κ1) is 22.5. The minimum atomic E-state index is -3.42. The quantitative estimate of drug-likeness (QED) is 0.306. The Morgan fingerprint density at radius 3 is 2.16 bits per heavy atom. The number of benzene rings is 3. The Hall–Kier alpha value is -2.74. The Kier molecular flexibility index (Phi) is 6.07. The van der Waals surface area contributed by atoms with E-state index in [2.05, 4.69) is 5.10 Å². The number of alkyl halides is 2. The first-order chi connectivity index (χ1) is 15.2. The van der Waals surface area contributed by atoms with Gasteiger partial charge in [-0.3, -0.25) is 0 Å². The number of halogens is 4. The SMILES string of the molecule is CS(=O)(=O)c1ccc(-c2c(-c3ccc(Cl)cc3Cl)c(C(F)F)nn2-c2ccccc2)cc1. The molecule has 0 saturated carbocycles. The molecule has 0 saturated heterocycles. The van der Waals surface area contributed by atoms with Crippen molar-refractivity contribution in [2.45, 2.75) is 11.3 Å².